The van der Waals surface area contributed by atoms with Gasteiger partial charge in [0.15, 0.2) is 0 Å². The fraction of sp³-hybridized carbons (Fsp3) is 0.667. The summed E-state index contributed by atoms with van der Waals surface area (Å²) < 4.78 is 5.44. The van der Waals surface area contributed by atoms with Crippen LogP contribution in [0, 0.1) is 6.92 Å². The molecular weight excluding hydrogens is 282 g/mol. The van der Waals surface area contributed by atoms with Gasteiger partial charge in [0.25, 0.3) is 0 Å². The van der Waals surface area contributed by atoms with E-state index in [1.807, 2.05) is 19.9 Å². The zero-order chi connectivity index (χ0) is 12.7. The maximum Gasteiger partial charge on any atom is 0.218 e. The Morgan fingerprint density at radius 3 is 2.71 bits per heavy atom. The van der Waals surface area contributed by atoms with Gasteiger partial charge >= 0.3 is 0 Å². The van der Waals surface area contributed by atoms with Crippen molar-refractivity contribution >= 4 is 21.7 Å². The summed E-state index contributed by atoms with van der Waals surface area (Å²) in [5, 5.41) is 1.01. The molecule has 0 radical (unpaired) electrons. The highest BCUT2D eigenvalue weighted by Gasteiger charge is 2.09. The molecule has 0 atom stereocenters. The monoisotopic (exact) mass is 301 g/mol. The molecule has 0 aliphatic carbocycles. The van der Waals surface area contributed by atoms with Gasteiger partial charge in [-0.3, -0.25) is 0 Å². The van der Waals surface area contributed by atoms with Crippen LogP contribution in [0.25, 0.3) is 0 Å². The highest BCUT2D eigenvalue weighted by atomic mass is 79.9. The van der Waals surface area contributed by atoms with Gasteiger partial charge in [0.1, 0.15) is 11.6 Å². The number of nitrogens with zero attached hydrogens (tertiary/aromatic N) is 3. The summed E-state index contributed by atoms with van der Waals surface area (Å²) in [6.45, 7) is 8.54. The molecule has 0 amide bonds. The van der Waals surface area contributed by atoms with Crippen molar-refractivity contribution in [1.82, 2.24) is 9.97 Å². The Bertz CT molecular complexity index is 347. The second kappa shape index (κ2) is 7.48. The average Bonchev–Trinajstić information content (AvgIpc) is 2.30. The van der Waals surface area contributed by atoms with Gasteiger partial charge in [-0.05, 0) is 27.2 Å². The van der Waals surface area contributed by atoms with Crippen LogP contribution in [-0.4, -0.2) is 35.0 Å². The second-order valence-corrected chi connectivity index (χ2v) is 4.46. The van der Waals surface area contributed by atoms with E-state index in [0.29, 0.717) is 12.5 Å². The van der Waals surface area contributed by atoms with Crippen LogP contribution in [0.4, 0.5) is 5.82 Å². The van der Waals surface area contributed by atoms with Gasteiger partial charge in [0.05, 0.1) is 6.61 Å². The lowest BCUT2D eigenvalue weighted by Crippen LogP contribution is -2.25. The molecule has 0 fully saturated rings. The zero-order valence-electron chi connectivity index (χ0n) is 10.7. The molecule has 0 aliphatic rings. The van der Waals surface area contributed by atoms with Crippen molar-refractivity contribution in [2.75, 3.05) is 29.9 Å². The fourth-order valence-electron chi connectivity index (χ4n) is 1.59. The first-order chi connectivity index (χ1) is 8.21. The molecule has 0 aliphatic heterocycles. The van der Waals surface area contributed by atoms with E-state index >= 15 is 0 Å². The third-order valence-corrected chi connectivity index (χ3v) is 2.92. The number of anilines is 1. The van der Waals surface area contributed by atoms with Crippen molar-refractivity contribution in [3.63, 3.8) is 0 Å². The number of rotatable bonds is 7. The highest BCUT2D eigenvalue weighted by molar-refractivity contribution is 9.09. The molecule has 0 spiro atoms. The van der Waals surface area contributed by atoms with Crippen molar-refractivity contribution in [1.29, 1.82) is 0 Å². The van der Waals surface area contributed by atoms with Gasteiger partial charge in [0, 0.05) is 24.5 Å². The van der Waals surface area contributed by atoms with Gasteiger partial charge in [-0.25, -0.2) is 4.98 Å². The Hall–Kier alpha value is -0.840. The Kier molecular flexibility index (Phi) is 6.26. The standard InChI is InChI=1S/C12H20BrN3O/c1-4-16(8-6-7-13)11-9-12(17-5-2)15-10(3)14-11/h9H,4-8H2,1-3H3. The van der Waals surface area contributed by atoms with Gasteiger partial charge in [-0.2, -0.15) is 4.98 Å². The minimum atomic E-state index is 0.628. The molecule has 4 nitrogen and oxygen atoms in total. The van der Waals surface area contributed by atoms with Crippen LogP contribution in [0.2, 0.25) is 0 Å². The molecule has 0 aromatic carbocycles. The molecular formula is C12H20BrN3O. The smallest absolute Gasteiger partial charge is 0.218 e. The van der Waals surface area contributed by atoms with E-state index in [4.69, 9.17) is 4.74 Å². The predicted molar refractivity (Wildman–Crippen MR) is 74.2 cm³/mol. The first kappa shape index (κ1) is 14.2. The summed E-state index contributed by atoms with van der Waals surface area (Å²) in [6, 6.07) is 1.91. The molecule has 0 N–H and O–H groups in total. The fourth-order valence-corrected chi connectivity index (χ4v) is 1.85. The van der Waals surface area contributed by atoms with E-state index < -0.39 is 0 Å². The largest absolute Gasteiger partial charge is 0.478 e. The maximum atomic E-state index is 5.44. The van der Waals surface area contributed by atoms with E-state index in [2.05, 4.69) is 37.7 Å². The van der Waals surface area contributed by atoms with Crippen LogP contribution in [0.3, 0.4) is 0 Å². The van der Waals surface area contributed by atoms with Gasteiger partial charge in [-0.1, -0.05) is 15.9 Å². The number of halogens is 1. The molecule has 1 aromatic rings. The van der Waals surface area contributed by atoms with E-state index in [1.165, 1.54) is 0 Å². The molecule has 0 saturated heterocycles. The van der Waals surface area contributed by atoms with Gasteiger partial charge in [0.2, 0.25) is 5.88 Å². The van der Waals surface area contributed by atoms with Crippen LogP contribution < -0.4 is 9.64 Å². The topological polar surface area (TPSA) is 38.2 Å². The zero-order valence-corrected chi connectivity index (χ0v) is 12.3. The number of alkyl halides is 1. The number of aromatic nitrogens is 2. The first-order valence-electron chi connectivity index (χ1n) is 6.00. The van der Waals surface area contributed by atoms with Crippen molar-refractivity contribution in [2.45, 2.75) is 27.2 Å². The van der Waals surface area contributed by atoms with Crippen molar-refractivity contribution < 1.29 is 4.74 Å². The van der Waals surface area contributed by atoms with E-state index in [1.54, 1.807) is 0 Å². The Morgan fingerprint density at radius 1 is 1.35 bits per heavy atom. The Morgan fingerprint density at radius 2 is 2.12 bits per heavy atom. The van der Waals surface area contributed by atoms with Crippen molar-refractivity contribution in [3.8, 4) is 5.88 Å². The third kappa shape index (κ3) is 4.50. The van der Waals surface area contributed by atoms with E-state index in [0.717, 1.165) is 36.5 Å². The molecule has 1 aromatic heterocycles. The van der Waals surface area contributed by atoms with E-state index in [9.17, 15) is 0 Å². The Labute approximate surface area is 112 Å². The minimum Gasteiger partial charge on any atom is -0.478 e. The van der Waals surface area contributed by atoms with Gasteiger partial charge < -0.3 is 9.64 Å². The lowest BCUT2D eigenvalue weighted by Gasteiger charge is -2.22. The quantitative estimate of drug-likeness (QED) is 0.726. The van der Waals surface area contributed by atoms with Crippen molar-refractivity contribution in [3.05, 3.63) is 11.9 Å². The maximum absolute atomic E-state index is 5.44. The van der Waals surface area contributed by atoms with Crippen LogP contribution in [-0.2, 0) is 0 Å². The van der Waals surface area contributed by atoms with Crippen LogP contribution in [0.1, 0.15) is 26.1 Å². The third-order valence-electron chi connectivity index (χ3n) is 2.36. The average molecular weight is 302 g/mol. The van der Waals surface area contributed by atoms with Crippen LogP contribution >= 0.6 is 15.9 Å². The van der Waals surface area contributed by atoms with E-state index in [-0.39, 0.29) is 0 Å². The molecule has 0 saturated carbocycles. The molecule has 1 heterocycles. The van der Waals surface area contributed by atoms with Crippen LogP contribution in [0.5, 0.6) is 5.88 Å². The predicted octanol–water partition coefficient (Wildman–Crippen LogP) is 2.80. The number of aryl methyl sites for hydroxylation is 1. The highest BCUT2D eigenvalue weighted by Crippen LogP contribution is 2.17. The normalized spacial score (nSPS) is 10.4. The summed E-state index contributed by atoms with van der Waals surface area (Å²) in [5.41, 5.74) is 0. The molecule has 17 heavy (non-hydrogen) atoms. The first-order valence-corrected chi connectivity index (χ1v) is 7.12. The Balaban J connectivity index is 2.85. The number of hydrogen-bond donors (Lipinski definition) is 0. The van der Waals surface area contributed by atoms with Gasteiger partial charge in [-0.15, -0.1) is 0 Å². The minimum absolute atomic E-state index is 0.628. The lowest BCUT2D eigenvalue weighted by molar-refractivity contribution is 0.325. The molecule has 0 bridgehead atoms. The molecule has 1 rings (SSSR count). The summed E-state index contributed by atoms with van der Waals surface area (Å²) in [4.78, 5) is 10.9. The molecule has 96 valence electrons. The summed E-state index contributed by atoms with van der Waals surface area (Å²) in [6.07, 6.45) is 1.10. The second-order valence-electron chi connectivity index (χ2n) is 3.67. The molecule has 0 unspecified atom stereocenters. The lowest BCUT2D eigenvalue weighted by atomic mass is 10.4. The number of ether oxygens (including phenoxy) is 1. The summed E-state index contributed by atoms with van der Waals surface area (Å²) >= 11 is 3.45. The van der Waals surface area contributed by atoms with Crippen molar-refractivity contribution in [2.24, 2.45) is 0 Å². The summed E-state index contributed by atoms with van der Waals surface area (Å²) in [5.74, 6) is 2.36. The molecule has 5 heteroatoms. The summed E-state index contributed by atoms with van der Waals surface area (Å²) in [7, 11) is 0. The number of hydrogen-bond acceptors (Lipinski definition) is 4. The van der Waals surface area contributed by atoms with Crippen LogP contribution in [0.15, 0.2) is 6.07 Å². The SMILES string of the molecule is CCOc1cc(N(CC)CCCBr)nc(C)n1.